The quantitative estimate of drug-likeness (QED) is 0.540. The molecule has 6 heteroatoms. The Balaban J connectivity index is 1.77. The molecule has 0 amide bonds. The van der Waals surface area contributed by atoms with Crippen molar-refractivity contribution in [2.75, 3.05) is 0 Å². The lowest BCUT2D eigenvalue weighted by atomic mass is 9.82. The van der Waals surface area contributed by atoms with Crippen molar-refractivity contribution >= 4 is 51.1 Å². The fourth-order valence-electron chi connectivity index (χ4n) is 2.23. The van der Waals surface area contributed by atoms with E-state index in [4.69, 9.17) is 9.31 Å². The van der Waals surface area contributed by atoms with Crippen molar-refractivity contribution in [1.29, 1.82) is 0 Å². The molecule has 3 rings (SSSR count). The Kier molecular flexibility index (Phi) is 3.70. The summed E-state index contributed by atoms with van der Waals surface area (Å²) in [6.45, 7) is 8.38. The van der Waals surface area contributed by atoms with Gasteiger partial charge in [0.2, 0.25) is 0 Å². The van der Waals surface area contributed by atoms with E-state index in [-0.39, 0.29) is 21.9 Å². The van der Waals surface area contributed by atoms with Crippen LogP contribution >= 0.6 is 39.0 Å². The lowest BCUT2D eigenvalue weighted by Crippen LogP contribution is -2.41. The van der Waals surface area contributed by atoms with Gasteiger partial charge in [0.05, 0.1) is 11.2 Å². The predicted octanol–water partition coefficient (Wildman–Crippen LogP) is 4.95. The minimum Gasteiger partial charge on any atom is -0.402 e. The van der Waals surface area contributed by atoms with Gasteiger partial charge in [0.15, 0.2) is 0 Å². The largest absolute Gasteiger partial charge is 0.487 e. The molecule has 2 aliphatic heterocycles. The smallest absolute Gasteiger partial charge is 0.402 e. The number of halogens is 1. The molecule has 1 aromatic heterocycles. The molecule has 108 valence electrons. The van der Waals surface area contributed by atoms with Gasteiger partial charge in [-0.15, -0.1) is 23.1 Å². The first-order valence-corrected chi connectivity index (χ1v) is 9.20. The summed E-state index contributed by atoms with van der Waals surface area (Å²) in [5, 5.41) is 2.11. The Morgan fingerprint density at radius 1 is 1.20 bits per heavy atom. The van der Waals surface area contributed by atoms with Gasteiger partial charge in [0.1, 0.15) is 3.56 Å². The number of thioether (sulfide) groups is 1. The molecule has 0 N–H and O–H groups in total. The van der Waals surface area contributed by atoms with Gasteiger partial charge in [-0.05, 0) is 45.6 Å². The normalized spacial score (nSPS) is 31.6. The van der Waals surface area contributed by atoms with Crippen LogP contribution in [0.3, 0.4) is 0 Å². The molecule has 0 saturated carbocycles. The second-order valence-electron chi connectivity index (χ2n) is 6.23. The van der Waals surface area contributed by atoms with Crippen molar-refractivity contribution in [1.82, 2.24) is 0 Å². The van der Waals surface area contributed by atoms with Crippen LogP contribution in [-0.4, -0.2) is 21.9 Å². The molecule has 0 aliphatic carbocycles. The average Bonchev–Trinajstić information content (AvgIpc) is 2.99. The molecule has 1 fully saturated rings. The summed E-state index contributed by atoms with van der Waals surface area (Å²) in [6, 6.07) is 4.25. The second-order valence-corrected chi connectivity index (χ2v) is 10.5. The molecule has 1 unspecified atom stereocenters. The molecule has 1 saturated heterocycles. The number of allylic oxidation sites excluding steroid dienone is 1. The molecule has 3 heterocycles. The summed E-state index contributed by atoms with van der Waals surface area (Å²) in [5.41, 5.74) is -0.574. The summed E-state index contributed by atoms with van der Waals surface area (Å²) >= 11 is 7.45. The Hall–Kier alpha value is 0.255. The lowest BCUT2D eigenvalue weighted by molar-refractivity contribution is 0.00578. The maximum atomic E-state index is 6.20. The number of rotatable bonds is 2. The van der Waals surface area contributed by atoms with E-state index in [1.807, 2.05) is 11.8 Å². The molecule has 0 spiro atoms. The maximum Gasteiger partial charge on any atom is 0.487 e. The molecule has 20 heavy (non-hydrogen) atoms. The molecule has 0 radical (unpaired) electrons. The molecule has 1 atom stereocenters. The van der Waals surface area contributed by atoms with Gasteiger partial charge >= 0.3 is 7.12 Å². The highest BCUT2D eigenvalue weighted by Crippen LogP contribution is 2.56. The van der Waals surface area contributed by atoms with Crippen LogP contribution in [0.25, 0.3) is 4.91 Å². The molecular formula is C14H18BBrO2S2. The summed E-state index contributed by atoms with van der Waals surface area (Å²) in [5.74, 6) is 0. The number of hydrogen-bond acceptors (Lipinski definition) is 4. The van der Waals surface area contributed by atoms with Crippen molar-refractivity contribution in [3.63, 3.8) is 0 Å². The molecule has 2 aliphatic rings. The van der Waals surface area contributed by atoms with Gasteiger partial charge in [0, 0.05) is 9.78 Å². The summed E-state index contributed by atoms with van der Waals surface area (Å²) in [6.07, 6.45) is 3.18. The third-order valence-corrected chi connectivity index (χ3v) is 7.74. The fourth-order valence-corrected chi connectivity index (χ4v) is 5.09. The monoisotopic (exact) mass is 372 g/mol. The van der Waals surface area contributed by atoms with E-state index in [1.54, 1.807) is 11.3 Å². The maximum absolute atomic E-state index is 6.20. The van der Waals surface area contributed by atoms with Gasteiger partial charge in [-0.2, -0.15) is 0 Å². The van der Waals surface area contributed by atoms with Gasteiger partial charge in [-0.25, -0.2) is 0 Å². The van der Waals surface area contributed by atoms with E-state index in [0.717, 1.165) is 6.42 Å². The van der Waals surface area contributed by atoms with Gasteiger partial charge < -0.3 is 9.31 Å². The van der Waals surface area contributed by atoms with E-state index < -0.39 is 0 Å². The predicted molar refractivity (Wildman–Crippen MR) is 92.2 cm³/mol. The first-order chi connectivity index (χ1) is 9.24. The topological polar surface area (TPSA) is 18.5 Å². The van der Waals surface area contributed by atoms with E-state index in [9.17, 15) is 0 Å². The molecule has 0 aromatic carbocycles. The first-order valence-electron chi connectivity index (χ1n) is 6.71. The zero-order valence-electron chi connectivity index (χ0n) is 12.1. The minimum atomic E-state index is -0.287. The minimum absolute atomic E-state index is 0.225. The standard InChI is InChI=1S/C14H18BBrO2S2/c1-12(2)13(3,4)18-15(17-12)14(16)8-7-11(20-14)10-6-5-9-19-10/h5-7,9H,8H2,1-4H3. The molecule has 0 bridgehead atoms. The van der Waals surface area contributed by atoms with Crippen molar-refractivity contribution in [2.24, 2.45) is 0 Å². The van der Waals surface area contributed by atoms with Gasteiger partial charge in [0.25, 0.3) is 0 Å². The second kappa shape index (κ2) is 4.88. The Morgan fingerprint density at radius 3 is 2.40 bits per heavy atom. The highest BCUT2D eigenvalue weighted by molar-refractivity contribution is 9.12. The molecular weight excluding hydrogens is 355 g/mol. The Morgan fingerprint density at radius 2 is 1.85 bits per heavy atom. The van der Waals surface area contributed by atoms with Crippen LogP contribution in [0.1, 0.15) is 39.0 Å². The van der Waals surface area contributed by atoms with E-state index >= 15 is 0 Å². The number of thiophene rings is 1. The van der Waals surface area contributed by atoms with Crippen molar-refractivity contribution in [3.8, 4) is 0 Å². The molecule has 2 nitrogen and oxygen atoms in total. The van der Waals surface area contributed by atoms with E-state index in [2.05, 4.69) is 67.2 Å². The van der Waals surface area contributed by atoms with Crippen molar-refractivity contribution in [2.45, 2.75) is 48.9 Å². The lowest BCUT2D eigenvalue weighted by Gasteiger charge is -2.32. The zero-order chi connectivity index (χ0) is 14.6. The fraction of sp³-hybridized carbons (Fsp3) is 0.571. The van der Waals surface area contributed by atoms with Gasteiger partial charge in [-0.3, -0.25) is 0 Å². The number of alkyl halides is 1. The van der Waals surface area contributed by atoms with Crippen LogP contribution in [0, 0.1) is 0 Å². The summed E-state index contributed by atoms with van der Waals surface area (Å²) in [4.78, 5) is 2.62. The van der Waals surface area contributed by atoms with Crippen LogP contribution in [-0.2, 0) is 9.31 Å². The Bertz CT molecular complexity index is 525. The average molecular weight is 373 g/mol. The van der Waals surface area contributed by atoms with Gasteiger partial charge in [-0.1, -0.05) is 28.1 Å². The zero-order valence-corrected chi connectivity index (χ0v) is 15.3. The van der Waals surface area contributed by atoms with Crippen molar-refractivity contribution in [3.05, 3.63) is 28.5 Å². The first kappa shape index (κ1) is 15.2. The highest BCUT2D eigenvalue weighted by Gasteiger charge is 2.60. The Labute approximate surface area is 137 Å². The SMILES string of the molecule is CC1(C)OB(C2(Br)CC=C(c3cccs3)S2)OC1(C)C. The third kappa shape index (κ3) is 2.43. The van der Waals surface area contributed by atoms with E-state index in [0.29, 0.717) is 0 Å². The van der Waals surface area contributed by atoms with Crippen LogP contribution < -0.4 is 0 Å². The number of hydrogen-bond donors (Lipinski definition) is 0. The van der Waals surface area contributed by atoms with Crippen LogP contribution in [0.15, 0.2) is 23.6 Å². The molecule has 1 aromatic rings. The van der Waals surface area contributed by atoms with Crippen LogP contribution in [0.2, 0.25) is 0 Å². The van der Waals surface area contributed by atoms with Crippen LogP contribution in [0.5, 0.6) is 0 Å². The highest BCUT2D eigenvalue weighted by atomic mass is 79.9. The third-order valence-electron chi connectivity index (χ3n) is 4.21. The van der Waals surface area contributed by atoms with Crippen molar-refractivity contribution < 1.29 is 9.31 Å². The summed E-state index contributed by atoms with van der Waals surface area (Å²) in [7, 11) is -0.244. The van der Waals surface area contributed by atoms with Crippen LogP contribution in [0.4, 0.5) is 0 Å². The summed E-state index contributed by atoms with van der Waals surface area (Å²) < 4.78 is 12.2. The van der Waals surface area contributed by atoms with E-state index in [1.165, 1.54) is 9.78 Å².